The van der Waals surface area contributed by atoms with E-state index >= 15 is 0 Å². The predicted molar refractivity (Wildman–Crippen MR) is 111 cm³/mol. The summed E-state index contributed by atoms with van der Waals surface area (Å²) in [5.74, 6) is 0.785. The summed E-state index contributed by atoms with van der Waals surface area (Å²) in [6.45, 7) is 5.60. The molecular weight excluding hydrogens is 350 g/mol. The minimum Gasteiger partial charge on any atom is -0.368 e. The smallest absolute Gasteiger partial charge is 0.237 e. The van der Waals surface area contributed by atoms with Crippen LogP contribution in [0.15, 0.2) is 48.5 Å². The maximum Gasteiger partial charge on any atom is 0.237 e. The summed E-state index contributed by atoms with van der Waals surface area (Å²) in [6, 6.07) is 17.9. The number of pyridine rings is 1. The van der Waals surface area contributed by atoms with E-state index in [-0.39, 0.29) is 24.0 Å². The van der Waals surface area contributed by atoms with Gasteiger partial charge in [0.05, 0.1) is 18.3 Å². The van der Waals surface area contributed by atoms with Crippen LogP contribution in [0.25, 0.3) is 11.3 Å². The zero-order chi connectivity index (χ0) is 20.0. The SMILES string of the molecule is CC(C)(CNc1cccc(-c2ccccc2)n1)NCC(=O)N1CCCC1C#N. The van der Waals surface area contributed by atoms with Crippen LogP contribution in [-0.4, -0.2) is 47.0 Å². The Kier molecular flexibility index (Phi) is 6.27. The summed E-state index contributed by atoms with van der Waals surface area (Å²) in [4.78, 5) is 18.8. The van der Waals surface area contributed by atoms with Crippen molar-refractivity contribution >= 4 is 11.7 Å². The van der Waals surface area contributed by atoms with Crippen molar-refractivity contribution < 1.29 is 4.79 Å². The van der Waals surface area contributed by atoms with E-state index in [1.54, 1.807) is 4.90 Å². The van der Waals surface area contributed by atoms with Gasteiger partial charge in [0.15, 0.2) is 0 Å². The van der Waals surface area contributed by atoms with Crippen LogP contribution in [0.5, 0.6) is 0 Å². The molecule has 1 aliphatic heterocycles. The first-order valence-corrected chi connectivity index (χ1v) is 9.69. The highest BCUT2D eigenvalue weighted by Crippen LogP contribution is 2.19. The summed E-state index contributed by atoms with van der Waals surface area (Å²) in [7, 11) is 0. The van der Waals surface area contributed by atoms with Crippen molar-refractivity contribution in [3.05, 3.63) is 48.5 Å². The summed E-state index contributed by atoms with van der Waals surface area (Å²) >= 11 is 0. The van der Waals surface area contributed by atoms with Crippen LogP contribution in [0.3, 0.4) is 0 Å². The number of likely N-dealkylation sites (tertiary alicyclic amines) is 1. The monoisotopic (exact) mass is 377 g/mol. The van der Waals surface area contributed by atoms with E-state index in [1.165, 1.54) is 0 Å². The Morgan fingerprint density at radius 1 is 1.25 bits per heavy atom. The fourth-order valence-electron chi connectivity index (χ4n) is 3.29. The molecule has 0 aliphatic carbocycles. The zero-order valence-electron chi connectivity index (χ0n) is 16.5. The number of rotatable bonds is 7. The molecule has 6 heteroatoms. The fraction of sp³-hybridized carbons (Fsp3) is 0.409. The Bertz CT molecular complexity index is 844. The second kappa shape index (κ2) is 8.85. The molecule has 1 atom stereocenters. The molecule has 2 N–H and O–H groups in total. The third-order valence-electron chi connectivity index (χ3n) is 4.97. The van der Waals surface area contributed by atoms with Gasteiger partial charge in [0.25, 0.3) is 0 Å². The van der Waals surface area contributed by atoms with Gasteiger partial charge in [0.2, 0.25) is 5.91 Å². The Morgan fingerprint density at radius 3 is 2.79 bits per heavy atom. The lowest BCUT2D eigenvalue weighted by atomic mass is 10.1. The number of benzene rings is 1. The third kappa shape index (κ3) is 5.08. The van der Waals surface area contributed by atoms with Crippen molar-refractivity contribution in [1.29, 1.82) is 5.26 Å². The highest BCUT2D eigenvalue weighted by molar-refractivity contribution is 5.79. The van der Waals surface area contributed by atoms with Gasteiger partial charge in [0.1, 0.15) is 11.9 Å². The van der Waals surface area contributed by atoms with Gasteiger partial charge in [-0.2, -0.15) is 5.26 Å². The number of nitriles is 1. The lowest BCUT2D eigenvalue weighted by molar-refractivity contribution is -0.130. The number of hydrogen-bond acceptors (Lipinski definition) is 5. The van der Waals surface area contributed by atoms with Crippen LogP contribution in [0.1, 0.15) is 26.7 Å². The maximum atomic E-state index is 12.4. The zero-order valence-corrected chi connectivity index (χ0v) is 16.5. The average molecular weight is 377 g/mol. The van der Waals surface area contributed by atoms with Gasteiger partial charge in [-0.05, 0) is 38.8 Å². The van der Waals surface area contributed by atoms with Gasteiger partial charge in [-0.1, -0.05) is 36.4 Å². The second-order valence-electron chi connectivity index (χ2n) is 7.74. The molecule has 1 unspecified atom stereocenters. The molecular formula is C22H27N5O. The molecule has 0 radical (unpaired) electrons. The average Bonchev–Trinajstić information content (AvgIpc) is 3.21. The molecule has 2 aromatic rings. The molecule has 146 valence electrons. The van der Waals surface area contributed by atoms with E-state index < -0.39 is 0 Å². The largest absolute Gasteiger partial charge is 0.368 e. The van der Waals surface area contributed by atoms with Crippen LogP contribution in [0.2, 0.25) is 0 Å². The van der Waals surface area contributed by atoms with Gasteiger partial charge < -0.3 is 15.5 Å². The molecule has 1 fully saturated rings. The molecule has 1 aromatic heterocycles. The number of amides is 1. The van der Waals surface area contributed by atoms with E-state index in [2.05, 4.69) is 21.7 Å². The molecule has 1 aromatic carbocycles. The third-order valence-corrected chi connectivity index (χ3v) is 4.97. The van der Waals surface area contributed by atoms with E-state index in [1.807, 2.05) is 62.4 Å². The van der Waals surface area contributed by atoms with Crippen LogP contribution in [-0.2, 0) is 4.79 Å². The van der Waals surface area contributed by atoms with Crippen molar-refractivity contribution in [3.8, 4) is 17.3 Å². The first-order valence-electron chi connectivity index (χ1n) is 9.69. The Balaban J connectivity index is 1.53. The number of carbonyl (C=O) groups is 1. The molecule has 3 rings (SSSR count). The van der Waals surface area contributed by atoms with Crippen molar-refractivity contribution in [1.82, 2.24) is 15.2 Å². The summed E-state index contributed by atoms with van der Waals surface area (Å²) < 4.78 is 0. The number of nitrogens with one attached hydrogen (secondary N) is 2. The van der Waals surface area contributed by atoms with Crippen LogP contribution in [0, 0.1) is 11.3 Å². The Morgan fingerprint density at radius 2 is 2.04 bits per heavy atom. The molecule has 2 heterocycles. The fourth-order valence-corrected chi connectivity index (χ4v) is 3.29. The predicted octanol–water partition coefficient (Wildman–Crippen LogP) is 3.04. The second-order valence-corrected chi connectivity index (χ2v) is 7.74. The molecule has 0 spiro atoms. The van der Waals surface area contributed by atoms with Crippen LogP contribution < -0.4 is 10.6 Å². The Labute approximate surface area is 166 Å². The van der Waals surface area contributed by atoms with Gasteiger partial charge in [-0.25, -0.2) is 4.98 Å². The molecule has 6 nitrogen and oxygen atoms in total. The van der Waals surface area contributed by atoms with Crippen molar-refractivity contribution in [2.24, 2.45) is 0 Å². The van der Waals surface area contributed by atoms with E-state index in [4.69, 9.17) is 5.26 Å². The quantitative estimate of drug-likeness (QED) is 0.775. The van der Waals surface area contributed by atoms with E-state index in [0.29, 0.717) is 13.1 Å². The van der Waals surface area contributed by atoms with Crippen molar-refractivity contribution in [2.45, 2.75) is 38.3 Å². The lowest BCUT2D eigenvalue weighted by Crippen LogP contribution is -2.50. The number of anilines is 1. The van der Waals surface area contributed by atoms with E-state index in [9.17, 15) is 4.79 Å². The summed E-state index contributed by atoms with van der Waals surface area (Å²) in [6.07, 6.45) is 1.68. The molecule has 1 amide bonds. The first-order chi connectivity index (χ1) is 13.5. The van der Waals surface area contributed by atoms with Gasteiger partial charge in [-0.15, -0.1) is 0 Å². The van der Waals surface area contributed by atoms with Crippen molar-refractivity contribution in [2.75, 3.05) is 25.0 Å². The first kappa shape index (κ1) is 19.8. The summed E-state index contributed by atoms with van der Waals surface area (Å²) in [5, 5.41) is 15.8. The maximum absolute atomic E-state index is 12.4. The minimum absolute atomic E-state index is 0.0127. The molecule has 0 bridgehead atoms. The van der Waals surface area contributed by atoms with Gasteiger partial charge >= 0.3 is 0 Å². The molecule has 28 heavy (non-hydrogen) atoms. The normalized spacial score (nSPS) is 16.6. The topological polar surface area (TPSA) is 81.1 Å². The number of aromatic nitrogens is 1. The van der Waals surface area contributed by atoms with Crippen molar-refractivity contribution in [3.63, 3.8) is 0 Å². The van der Waals surface area contributed by atoms with Crippen LogP contribution in [0.4, 0.5) is 5.82 Å². The molecule has 1 aliphatic rings. The lowest BCUT2D eigenvalue weighted by Gasteiger charge is -2.28. The summed E-state index contributed by atoms with van der Waals surface area (Å²) in [5.41, 5.74) is 1.69. The Hall–Kier alpha value is -2.91. The minimum atomic E-state index is -0.304. The van der Waals surface area contributed by atoms with E-state index in [0.717, 1.165) is 29.9 Å². The number of nitrogens with zero attached hydrogens (tertiary/aromatic N) is 3. The highest BCUT2D eigenvalue weighted by Gasteiger charge is 2.29. The standard InChI is InChI=1S/C22H27N5O/c1-22(2,25-15-21(28)27-13-7-10-18(27)14-23)16-24-20-12-6-11-19(26-20)17-8-4-3-5-9-17/h3-6,8-9,11-12,18,25H,7,10,13,15-16H2,1-2H3,(H,24,26). The van der Waals surface area contributed by atoms with Gasteiger partial charge in [-0.3, -0.25) is 4.79 Å². The van der Waals surface area contributed by atoms with Gasteiger partial charge in [0, 0.05) is 24.2 Å². The van der Waals surface area contributed by atoms with Crippen LogP contribution >= 0.6 is 0 Å². The highest BCUT2D eigenvalue weighted by atomic mass is 16.2. The number of hydrogen-bond donors (Lipinski definition) is 2. The molecule has 1 saturated heterocycles. The number of carbonyl (C=O) groups excluding carboxylic acids is 1. The molecule has 0 saturated carbocycles.